The monoisotopic (exact) mass is 242 g/mol. The zero-order valence-electron chi connectivity index (χ0n) is 8.83. The molecule has 1 aromatic heterocycles. The molecule has 0 aliphatic heterocycles. The van der Waals surface area contributed by atoms with Crippen LogP contribution in [0, 0.1) is 0 Å². The van der Waals surface area contributed by atoms with Gasteiger partial charge in [-0.25, -0.2) is 0 Å². The van der Waals surface area contributed by atoms with Crippen molar-refractivity contribution in [1.29, 1.82) is 0 Å². The summed E-state index contributed by atoms with van der Waals surface area (Å²) < 4.78 is 0. The van der Waals surface area contributed by atoms with Crippen molar-refractivity contribution in [3.8, 4) is 0 Å². The van der Waals surface area contributed by atoms with E-state index in [1.165, 1.54) is 19.2 Å². The normalized spacial score (nSPS) is 14.4. The van der Waals surface area contributed by atoms with E-state index >= 15 is 0 Å². The van der Waals surface area contributed by atoms with Crippen LogP contribution < -0.4 is 5.73 Å². The molecule has 6 heteroatoms. The number of carbonyl (C=O) groups is 1. The highest BCUT2D eigenvalue weighted by atomic mass is 32.2. The predicted molar refractivity (Wildman–Crippen MR) is 62.8 cm³/mol. The van der Waals surface area contributed by atoms with Gasteiger partial charge in [-0.3, -0.25) is 9.78 Å². The van der Waals surface area contributed by atoms with Crippen molar-refractivity contribution in [3.05, 3.63) is 24.0 Å². The van der Waals surface area contributed by atoms with E-state index in [0.717, 1.165) is 11.8 Å². The molecule has 5 nitrogen and oxygen atoms in total. The van der Waals surface area contributed by atoms with E-state index in [-0.39, 0.29) is 10.9 Å². The highest BCUT2D eigenvalue weighted by Crippen LogP contribution is 2.19. The number of nitrogens with two attached hydrogens (primary N) is 1. The van der Waals surface area contributed by atoms with E-state index in [1.54, 1.807) is 6.07 Å². The lowest BCUT2D eigenvalue weighted by Gasteiger charge is -2.16. The number of aliphatic hydroxyl groups excluding tert-OH is 2. The molecule has 0 spiro atoms. The van der Waals surface area contributed by atoms with Crippen molar-refractivity contribution in [2.75, 3.05) is 11.5 Å². The fourth-order valence-corrected chi connectivity index (χ4v) is 1.71. The number of nitrogens with zero attached hydrogens (tertiary/aromatic N) is 1. The fourth-order valence-electron chi connectivity index (χ4n) is 1.12. The molecule has 0 fully saturated rings. The molecule has 0 amide bonds. The number of carbonyl (C=O) groups excluding carboxylic acids is 1. The van der Waals surface area contributed by atoms with Gasteiger partial charge in [0.1, 0.15) is 6.10 Å². The average molecular weight is 242 g/mol. The lowest BCUT2D eigenvalue weighted by molar-refractivity contribution is -0.109. The van der Waals surface area contributed by atoms with Crippen LogP contribution in [0.3, 0.4) is 0 Å². The van der Waals surface area contributed by atoms with Crippen molar-refractivity contribution in [2.45, 2.75) is 19.1 Å². The highest BCUT2D eigenvalue weighted by Gasteiger charge is 2.20. The van der Waals surface area contributed by atoms with Gasteiger partial charge < -0.3 is 15.9 Å². The molecule has 2 atom stereocenters. The second-order valence-corrected chi connectivity index (χ2v) is 4.53. The van der Waals surface area contributed by atoms with Crippen LogP contribution in [0.2, 0.25) is 0 Å². The van der Waals surface area contributed by atoms with Crippen molar-refractivity contribution in [1.82, 2.24) is 4.98 Å². The number of rotatable bonds is 4. The molecule has 0 bridgehead atoms. The molecular formula is C10H14N2O3S. The van der Waals surface area contributed by atoms with Crippen LogP contribution in [0.4, 0.5) is 5.69 Å². The minimum Gasteiger partial charge on any atom is -0.399 e. The largest absolute Gasteiger partial charge is 0.399 e. The number of thioether (sulfide) groups is 1. The van der Waals surface area contributed by atoms with Gasteiger partial charge in [0, 0.05) is 24.6 Å². The number of aliphatic hydroxyl groups is 2. The molecule has 1 rings (SSSR count). The summed E-state index contributed by atoms with van der Waals surface area (Å²) in [4.78, 5) is 14.6. The Kier molecular flexibility index (Phi) is 4.72. The first-order valence-electron chi connectivity index (χ1n) is 4.71. The average Bonchev–Trinajstić information content (AvgIpc) is 2.24. The van der Waals surface area contributed by atoms with E-state index in [0.29, 0.717) is 11.4 Å². The van der Waals surface area contributed by atoms with Crippen LogP contribution >= 0.6 is 11.8 Å². The molecule has 88 valence electrons. The van der Waals surface area contributed by atoms with Gasteiger partial charge in [-0.05, 0) is 12.1 Å². The fraction of sp³-hybridized carbons (Fsp3) is 0.400. The van der Waals surface area contributed by atoms with Gasteiger partial charge in [-0.15, -0.1) is 0 Å². The Morgan fingerprint density at radius 3 is 2.88 bits per heavy atom. The number of pyridine rings is 1. The first-order valence-corrected chi connectivity index (χ1v) is 5.70. The van der Waals surface area contributed by atoms with Crippen LogP contribution in [0.1, 0.15) is 18.7 Å². The third-order valence-corrected chi connectivity index (χ3v) is 2.84. The Hall–Kier alpha value is -1.11. The van der Waals surface area contributed by atoms with Gasteiger partial charge in [0.15, 0.2) is 5.12 Å². The minimum absolute atomic E-state index is 0.105. The van der Waals surface area contributed by atoms with Crippen molar-refractivity contribution < 1.29 is 15.0 Å². The first kappa shape index (κ1) is 13.0. The van der Waals surface area contributed by atoms with Crippen molar-refractivity contribution in [3.63, 3.8) is 0 Å². The highest BCUT2D eigenvalue weighted by molar-refractivity contribution is 8.13. The van der Waals surface area contributed by atoms with E-state index in [2.05, 4.69) is 4.98 Å². The van der Waals surface area contributed by atoms with Gasteiger partial charge in [-0.2, -0.15) is 0 Å². The summed E-state index contributed by atoms with van der Waals surface area (Å²) >= 11 is 0.959. The smallest absolute Gasteiger partial charge is 0.185 e. The lowest BCUT2D eigenvalue weighted by Crippen LogP contribution is -2.22. The molecule has 2 unspecified atom stereocenters. The molecule has 0 aliphatic carbocycles. The molecule has 16 heavy (non-hydrogen) atoms. The Balaban J connectivity index is 2.62. The number of nitrogen functional groups attached to an aromatic ring is 1. The molecule has 1 heterocycles. The van der Waals surface area contributed by atoms with Gasteiger partial charge in [-0.1, -0.05) is 11.8 Å². The molecule has 0 aliphatic rings. The summed E-state index contributed by atoms with van der Waals surface area (Å²) in [6.07, 6.45) is -0.711. The predicted octanol–water partition coefficient (Wildman–Crippen LogP) is 0.338. The standard InChI is InChI=1S/C10H14N2O3S/c1-6(13)16-5-9(14)10(15)8-4-7(11)2-3-12-8/h2-4,9-10,14-15H,5H2,1H3,(H2,11,12). The van der Waals surface area contributed by atoms with E-state index in [4.69, 9.17) is 5.73 Å². The zero-order valence-corrected chi connectivity index (χ0v) is 9.65. The zero-order chi connectivity index (χ0) is 12.1. The number of hydrogen-bond donors (Lipinski definition) is 3. The quantitative estimate of drug-likeness (QED) is 0.704. The second kappa shape index (κ2) is 5.83. The van der Waals surface area contributed by atoms with Gasteiger partial charge in [0.25, 0.3) is 0 Å². The molecule has 0 radical (unpaired) electrons. The molecule has 0 aromatic carbocycles. The summed E-state index contributed by atoms with van der Waals surface area (Å²) in [5, 5.41) is 19.2. The second-order valence-electron chi connectivity index (χ2n) is 3.33. The Labute approximate surface area is 97.7 Å². The SMILES string of the molecule is CC(=O)SCC(O)C(O)c1cc(N)ccn1. The molecule has 1 aromatic rings. The number of aromatic nitrogens is 1. The Morgan fingerprint density at radius 1 is 1.62 bits per heavy atom. The number of hydrogen-bond acceptors (Lipinski definition) is 6. The third-order valence-electron chi connectivity index (χ3n) is 1.93. The third kappa shape index (κ3) is 3.80. The maximum absolute atomic E-state index is 10.7. The Morgan fingerprint density at radius 2 is 2.31 bits per heavy atom. The summed E-state index contributed by atoms with van der Waals surface area (Å²) in [6, 6.07) is 3.08. The minimum atomic E-state index is -1.13. The molecule has 0 saturated heterocycles. The molecule has 0 saturated carbocycles. The summed E-state index contributed by atoms with van der Waals surface area (Å²) in [5.41, 5.74) is 6.30. The molecule has 4 N–H and O–H groups in total. The summed E-state index contributed by atoms with van der Waals surface area (Å²) in [7, 11) is 0. The van der Waals surface area contributed by atoms with E-state index in [9.17, 15) is 15.0 Å². The summed E-state index contributed by atoms with van der Waals surface area (Å²) in [5.74, 6) is 0.132. The molecular weight excluding hydrogens is 228 g/mol. The maximum Gasteiger partial charge on any atom is 0.185 e. The van der Waals surface area contributed by atoms with E-state index in [1.807, 2.05) is 0 Å². The van der Waals surface area contributed by atoms with Crippen LogP contribution in [-0.2, 0) is 4.79 Å². The van der Waals surface area contributed by atoms with Crippen LogP contribution in [0.15, 0.2) is 18.3 Å². The summed E-state index contributed by atoms with van der Waals surface area (Å²) in [6.45, 7) is 1.41. The van der Waals surface area contributed by atoms with E-state index < -0.39 is 12.2 Å². The Bertz CT molecular complexity index is 373. The lowest BCUT2D eigenvalue weighted by atomic mass is 10.1. The van der Waals surface area contributed by atoms with Gasteiger partial charge >= 0.3 is 0 Å². The van der Waals surface area contributed by atoms with Crippen LogP contribution in [0.5, 0.6) is 0 Å². The van der Waals surface area contributed by atoms with Gasteiger partial charge in [0.05, 0.1) is 11.8 Å². The van der Waals surface area contributed by atoms with Crippen molar-refractivity contribution in [2.24, 2.45) is 0 Å². The van der Waals surface area contributed by atoms with Crippen molar-refractivity contribution >= 4 is 22.6 Å². The van der Waals surface area contributed by atoms with Crippen LogP contribution in [0.25, 0.3) is 0 Å². The van der Waals surface area contributed by atoms with Crippen LogP contribution in [-0.4, -0.2) is 32.2 Å². The number of anilines is 1. The van der Waals surface area contributed by atoms with Gasteiger partial charge in [0.2, 0.25) is 0 Å². The first-order chi connectivity index (χ1) is 7.50. The maximum atomic E-state index is 10.7. The topological polar surface area (TPSA) is 96.4 Å².